The fourth-order valence-corrected chi connectivity index (χ4v) is 5.86. The molecular weight excluding hydrogens is 652 g/mol. The van der Waals surface area contributed by atoms with E-state index in [2.05, 4.69) is 35.0 Å². The van der Waals surface area contributed by atoms with Crippen LogP contribution in [0.2, 0.25) is 0 Å². The Labute approximate surface area is 303 Å². The lowest BCUT2D eigenvalue weighted by Crippen LogP contribution is -2.46. The molecule has 0 saturated carbocycles. The van der Waals surface area contributed by atoms with Crippen LogP contribution in [0, 0.1) is 0 Å². The van der Waals surface area contributed by atoms with Crippen LogP contribution < -0.4 is 20.7 Å². The molecule has 12 nitrogen and oxygen atoms in total. The molecule has 0 fully saturated rings. The number of ether oxygens (including phenoxy) is 4. The lowest BCUT2D eigenvalue weighted by Gasteiger charge is -2.25. The van der Waals surface area contributed by atoms with Crippen molar-refractivity contribution in [2.45, 2.75) is 89.8 Å². The first kappa shape index (κ1) is 41.6. The van der Waals surface area contributed by atoms with E-state index >= 15 is 0 Å². The summed E-state index contributed by atoms with van der Waals surface area (Å²) in [7, 11) is 3.46. The molecule has 1 heterocycles. The molecule has 0 radical (unpaired) electrons. The monoisotopic (exact) mass is 710 g/mol. The Morgan fingerprint density at radius 3 is 2.16 bits per heavy atom. The second kappa shape index (κ2) is 24.4. The Morgan fingerprint density at radius 2 is 1.49 bits per heavy atom. The van der Waals surface area contributed by atoms with Gasteiger partial charge in [-0.25, -0.2) is 0 Å². The first-order valence-corrected chi connectivity index (χ1v) is 18.4. The molecule has 51 heavy (non-hydrogen) atoms. The molecule has 0 spiro atoms. The van der Waals surface area contributed by atoms with Crippen LogP contribution in [0.3, 0.4) is 0 Å². The van der Waals surface area contributed by atoms with Crippen molar-refractivity contribution in [2.75, 3.05) is 65.7 Å². The quantitative estimate of drug-likeness (QED) is 0.0802. The molecule has 2 aromatic carbocycles. The average Bonchev–Trinajstić information content (AvgIpc) is 3.48. The topological polar surface area (TPSA) is 145 Å². The zero-order chi connectivity index (χ0) is 36.7. The van der Waals surface area contributed by atoms with E-state index in [0.717, 1.165) is 63.8 Å². The Kier molecular flexibility index (Phi) is 19.9. The SMILES string of the molecule is CNC(=O)C(CCC=O)N1Cc2c(NC(=O)CCCCCOCCOCCOCCCCCCOc3cccc(C(C)NC)c3)cccc2C1=O. The number of hydrogen-bond donors (Lipinski definition) is 3. The second-order valence-corrected chi connectivity index (χ2v) is 12.7. The van der Waals surface area contributed by atoms with Gasteiger partial charge in [0.2, 0.25) is 11.8 Å². The number of hydrogen-bond acceptors (Lipinski definition) is 9. The van der Waals surface area contributed by atoms with E-state index in [0.29, 0.717) is 68.7 Å². The molecule has 2 unspecified atom stereocenters. The third-order valence-electron chi connectivity index (χ3n) is 8.93. The predicted octanol–water partition coefficient (Wildman–Crippen LogP) is 5.20. The van der Waals surface area contributed by atoms with E-state index in [-0.39, 0.29) is 37.1 Å². The number of rotatable bonds is 28. The van der Waals surface area contributed by atoms with Crippen LogP contribution in [0.1, 0.15) is 98.7 Å². The van der Waals surface area contributed by atoms with Gasteiger partial charge in [-0.05, 0) is 82.3 Å². The van der Waals surface area contributed by atoms with Crippen LogP contribution in [0.5, 0.6) is 5.75 Å². The first-order valence-electron chi connectivity index (χ1n) is 18.4. The molecular formula is C39H58N4O8. The zero-order valence-corrected chi connectivity index (χ0v) is 30.7. The minimum atomic E-state index is -0.753. The number of nitrogens with one attached hydrogen (secondary N) is 3. The summed E-state index contributed by atoms with van der Waals surface area (Å²) in [5, 5.41) is 8.76. The van der Waals surface area contributed by atoms with Crippen molar-refractivity contribution in [1.29, 1.82) is 0 Å². The molecule has 1 aliphatic heterocycles. The highest BCUT2D eigenvalue weighted by atomic mass is 16.5. The number of carbonyl (C=O) groups excluding carboxylic acids is 4. The molecule has 3 N–H and O–H groups in total. The maximum atomic E-state index is 13.1. The van der Waals surface area contributed by atoms with E-state index in [1.165, 1.54) is 17.5 Å². The molecule has 0 bridgehead atoms. The predicted molar refractivity (Wildman–Crippen MR) is 197 cm³/mol. The Bertz CT molecular complexity index is 1360. The Morgan fingerprint density at radius 1 is 0.843 bits per heavy atom. The van der Waals surface area contributed by atoms with E-state index in [1.807, 2.05) is 19.2 Å². The number of unbranched alkanes of at least 4 members (excludes halogenated alkanes) is 5. The van der Waals surface area contributed by atoms with Crippen molar-refractivity contribution >= 4 is 29.7 Å². The van der Waals surface area contributed by atoms with E-state index in [1.54, 1.807) is 18.2 Å². The van der Waals surface area contributed by atoms with Crippen LogP contribution in [0.4, 0.5) is 5.69 Å². The number of amides is 3. The highest BCUT2D eigenvalue weighted by molar-refractivity contribution is 6.04. The van der Waals surface area contributed by atoms with Crippen molar-refractivity contribution < 1.29 is 38.1 Å². The van der Waals surface area contributed by atoms with Gasteiger partial charge < -0.3 is 44.6 Å². The zero-order valence-electron chi connectivity index (χ0n) is 30.7. The first-order chi connectivity index (χ1) is 24.9. The number of benzene rings is 2. The minimum Gasteiger partial charge on any atom is -0.494 e. The molecule has 0 aliphatic carbocycles. The molecule has 0 saturated heterocycles. The largest absolute Gasteiger partial charge is 0.494 e. The number of anilines is 1. The highest BCUT2D eigenvalue weighted by Gasteiger charge is 2.37. The Hall–Kier alpha value is -3.84. The third kappa shape index (κ3) is 14.7. The maximum absolute atomic E-state index is 13.1. The number of nitrogens with zero attached hydrogens (tertiary/aromatic N) is 1. The molecule has 1 aliphatic rings. The van der Waals surface area contributed by atoms with Crippen molar-refractivity contribution in [2.24, 2.45) is 0 Å². The van der Waals surface area contributed by atoms with Crippen molar-refractivity contribution in [3.05, 3.63) is 59.2 Å². The minimum absolute atomic E-state index is 0.128. The fourth-order valence-electron chi connectivity index (χ4n) is 5.86. The molecule has 3 rings (SSSR count). The van der Waals surface area contributed by atoms with E-state index < -0.39 is 6.04 Å². The lowest BCUT2D eigenvalue weighted by molar-refractivity contribution is -0.125. The average molecular weight is 711 g/mol. The van der Waals surface area contributed by atoms with E-state index in [4.69, 9.17) is 18.9 Å². The highest BCUT2D eigenvalue weighted by Crippen LogP contribution is 2.32. The van der Waals surface area contributed by atoms with Gasteiger partial charge >= 0.3 is 0 Å². The number of fused-ring (bicyclic) bond motifs is 1. The van der Waals surface area contributed by atoms with Gasteiger partial charge in [0.1, 0.15) is 18.1 Å². The van der Waals surface area contributed by atoms with Crippen LogP contribution in [-0.4, -0.2) is 95.3 Å². The number of carbonyl (C=O) groups is 4. The summed E-state index contributed by atoms with van der Waals surface area (Å²) in [5.74, 6) is 0.195. The molecule has 282 valence electrons. The van der Waals surface area contributed by atoms with E-state index in [9.17, 15) is 19.2 Å². The van der Waals surface area contributed by atoms with Gasteiger partial charge in [-0.15, -0.1) is 0 Å². The summed E-state index contributed by atoms with van der Waals surface area (Å²) in [4.78, 5) is 50.6. The van der Waals surface area contributed by atoms with Gasteiger partial charge in [-0.3, -0.25) is 14.4 Å². The van der Waals surface area contributed by atoms with Crippen LogP contribution in [-0.2, 0) is 35.1 Å². The van der Waals surface area contributed by atoms with Gasteiger partial charge in [0.25, 0.3) is 5.91 Å². The van der Waals surface area contributed by atoms with Gasteiger partial charge in [0, 0.05) is 62.5 Å². The van der Waals surface area contributed by atoms with Crippen LogP contribution in [0.25, 0.3) is 0 Å². The van der Waals surface area contributed by atoms with Gasteiger partial charge in [-0.2, -0.15) is 0 Å². The Balaban J connectivity index is 1.13. The maximum Gasteiger partial charge on any atom is 0.255 e. The summed E-state index contributed by atoms with van der Waals surface area (Å²) in [6.45, 7) is 6.55. The summed E-state index contributed by atoms with van der Waals surface area (Å²) in [6, 6.07) is 13.0. The van der Waals surface area contributed by atoms with Gasteiger partial charge in [-0.1, -0.05) is 31.0 Å². The van der Waals surface area contributed by atoms with Crippen molar-refractivity contribution in [1.82, 2.24) is 15.5 Å². The second-order valence-electron chi connectivity index (χ2n) is 12.7. The van der Waals surface area contributed by atoms with Gasteiger partial charge in [0.05, 0.1) is 33.0 Å². The number of aldehydes is 1. The standard InChI is InChI=1S/C39H58N4O8/c1-30(40-2)31-14-11-15-32(28-31)51-23-10-5-4-8-21-48-24-26-50-27-25-49-22-9-6-7-19-37(45)42-35-17-12-16-33-34(35)29-43(39(33)47)36(18-13-20-44)38(46)41-3/h11-12,14-17,20,28,30,36,40H,4-10,13,18-19,21-27,29H2,1-3H3,(H,41,46)(H,42,45). The van der Waals surface area contributed by atoms with Crippen molar-refractivity contribution in [3.8, 4) is 5.75 Å². The van der Waals surface area contributed by atoms with Crippen LogP contribution >= 0.6 is 0 Å². The summed E-state index contributed by atoms with van der Waals surface area (Å²) in [5.41, 5.74) is 2.94. The smallest absolute Gasteiger partial charge is 0.255 e. The summed E-state index contributed by atoms with van der Waals surface area (Å²) >= 11 is 0. The molecule has 2 aromatic rings. The fraction of sp³-hybridized carbons (Fsp3) is 0.590. The molecule has 12 heteroatoms. The molecule has 3 amide bonds. The molecule has 2 atom stereocenters. The normalized spacial score (nSPS) is 13.5. The third-order valence-corrected chi connectivity index (χ3v) is 8.93. The van der Waals surface area contributed by atoms with Gasteiger partial charge in [0.15, 0.2) is 0 Å². The number of likely N-dealkylation sites (N-methyl/N-ethyl adjacent to an activating group) is 1. The molecule has 0 aromatic heterocycles. The lowest BCUT2D eigenvalue weighted by atomic mass is 10.1. The summed E-state index contributed by atoms with van der Waals surface area (Å²) < 4.78 is 22.8. The van der Waals surface area contributed by atoms with Crippen LogP contribution in [0.15, 0.2) is 42.5 Å². The summed E-state index contributed by atoms with van der Waals surface area (Å²) in [6.07, 6.45) is 8.19. The van der Waals surface area contributed by atoms with Crippen molar-refractivity contribution in [3.63, 3.8) is 0 Å².